The van der Waals surface area contributed by atoms with Gasteiger partial charge in [0.05, 0.1) is 6.61 Å². The first-order valence-electron chi connectivity index (χ1n) is 3.89. The lowest BCUT2D eigenvalue weighted by Crippen LogP contribution is -2.09. The number of cyclic esters (lactones) is 1. The molecule has 0 N–H and O–H groups in total. The first kappa shape index (κ1) is 8.55. The molecule has 0 aliphatic carbocycles. The van der Waals surface area contributed by atoms with Crippen LogP contribution in [0.15, 0.2) is 9.64 Å². The summed E-state index contributed by atoms with van der Waals surface area (Å²) in [5.74, 6) is 0.315. The van der Waals surface area contributed by atoms with Gasteiger partial charge in [-0.15, -0.1) is 10.2 Å². The number of hydrogen-bond acceptors (Lipinski definition) is 6. The number of aryl methyl sites for hydroxylation is 1. The molecule has 2 rings (SSSR count). The maximum atomic E-state index is 11.1. The van der Waals surface area contributed by atoms with Crippen LogP contribution in [0.1, 0.15) is 12.3 Å². The summed E-state index contributed by atoms with van der Waals surface area (Å²) in [6.07, 6.45) is 0.713. The van der Waals surface area contributed by atoms with Crippen molar-refractivity contribution >= 4 is 17.7 Å². The summed E-state index contributed by atoms with van der Waals surface area (Å²) >= 11 is 1.27. The molecular formula is C7H8N2O3S. The number of nitrogens with zero attached hydrogens (tertiary/aromatic N) is 2. The topological polar surface area (TPSA) is 65.2 Å². The molecule has 0 bridgehead atoms. The van der Waals surface area contributed by atoms with Gasteiger partial charge in [0, 0.05) is 13.3 Å². The zero-order valence-corrected chi connectivity index (χ0v) is 7.84. The van der Waals surface area contributed by atoms with Crippen molar-refractivity contribution in [1.29, 1.82) is 0 Å². The Kier molecular flexibility index (Phi) is 2.22. The van der Waals surface area contributed by atoms with Gasteiger partial charge >= 0.3 is 5.97 Å². The van der Waals surface area contributed by atoms with Crippen LogP contribution in [0.5, 0.6) is 0 Å². The Bertz CT molecular complexity index is 325. The molecule has 13 heavy (non-hydrogen) atoms. The second-order valence-electron chi connectivity index (χ2n) is 2.65. The highest BCUT2D eigenvalue weighted by molar-refractivity contribution is 8.00. The lowest BCUT2D eigenvalue weighted by molar-refractivity contribution is -0.137. The predicted molar refractivity (Wildman–Crippen MR) is 44.3 cm³/mol. The summed E-state index contributed by atoms with van der Waals surface area (Å²) in [5.41, 5.74) is 0. The van der Waals surface area contributed by atoms with E-state index in [9.17, 15) is 4.79 Å². The van der Waals surface area contributed by atoms with Crippen LogP contribution >= 0.6 is 11.8 Å². The third kappa shape index (κ3) is 1.82. The summed E-state index contributed by atoms with van der Waals surface area (Å²) in [6, 6.07) is 0. The first-order valence-corrected chi connectivity index (χ1v) is 4.77. The molecule has 1 atom stereocenters. The highest BCUT2D eigenvalue weighted by Gasteiger charge is 2.29. The van der Waals surface area contributed by atoms with E-state index in [0.717, 1.165) is 0 Å². The van der Waals surface area contributed by atoms with Crippen molar-refractivity contribution in [3.05, 3.63) is 5.89 Å². The van der Waals surface area contributed by atoms with E-state index in [1.165, 1.54) is 11.8 Å². The monoisotopic (exact) mass is 200 g/mol. The van der Waals surface area contributed by atoms with Crippen molar-refractivity contribution in [3.8, 4) is 0 Å². The van der Waals surface area contributed by atoms with Crippen molar-refractivity contribution in [2.45, 2.75) is 23.8 Å². The van der Waals surface area contributed by atoms with E-state index < -0.39 is 0 Å². The number of hydrogen-bond donors (Lipinski definition) is 0. The van der Waals surface area contributed by atoms with Crippen LogP contribution < -0.4 is 0 Å². The van der Waals surface area contributed by atoms with E-state index in [0.29, 0.717) is 24.1 Å². The molecule has 1 saturated heterocycles. The Balaban J connectivity index is 2.01. The van der Waals surface area contributed by atoms with Gasteiger partial charge in [-0.05, 0) is 11.8 Å². The van der Waals surface area contributed by atoms with Gasteiger partial charge < -0.3 is 9.15 Å². The molecule has 0 spiro atoms. The molecule has 1 aliphatic rings. The fourth-order valence-corrected chi connectivity index (χ4v) is 1.91. The van der Waals surface area contributed by atoms with Crippen LogP contribution in [0.25, 0.3) is 0 Å². The molecular weight excluding hydrogens is 192 g/mol. The SMILES string of the molecule is Cc1nnc(SC2CCOC2=O)o1. The highest BCUT2D eigenvalue weighted by atomic mass is 32.2. The molecule has 1 aliphatic heterocycles. The van der Waals surface area contributed by atoms with Gasteiger partial charge in [-0.25, -0.2) is 0 Å². The smallest absolute Gasteiger partial charge is 0.319 e. The van der Waals surface area contributed by atoms with E-state index in [2.05, 4.69) is 10.2 Å². The van der Waals surface area contributed by atoms with Gasteiger partial charge in [0.2, 0.25) is 5.89 Å². The fourth-order valence-electron chi connectivity index (χ4n) is 1.03. The molecule has 0 aromatic carbocycles. The second-order valence-corrected chi connectivity index (χ2v) is 3.80. The van der Waals surface area contributed by atoms with E-state index in [1.807, 2.05) is 0 Å². The van der Waals surface area contributed by atoms with Crippen molar-refractivity contribution in [2.24, 2.45) is 0 Å². The van der Waals surface area contributed by atoms with Crippen LogP contribution in [-0.2, 0) is 9.53 Å². The molecule has 70 valence electrons. The third-order valence-electron chi connectivity index (χ3n) is 1.64. The van der Waals surface area contributed by atoms with E-state index >= 15 is 0 Å². The number of thioether (sulfide) groups is 1. The summed E-state index contributed by atoms with van der Waals surface area (Å²) in [4.78, 5) is 11.1. The molecule has 6 heteroatoms. The second kappa shape index (κ2) is 3.37. The molecule has 1 unspecified atom stereocenters. The van der Waals surface area contributed by atoms with Crippen molar-refractivity contribution in [1.82, 2.24) is 10.2 Å². The average Bonchev–Trinajstić information content (AvgIpc) is 2.64. The van der Waals surface area contributed by atoms with E-state index in [4.69, 9.17) is 9.15 Å². The van der Waals surface area contributed by atoms with Crippen LogP contribution in [0.3, 0.4) is 0 Å². The number of aromatic nitrogens is 2. The minimum atomic E-state index is -0.194. The average molecular weight is 200 g/mol. The van der Waals surface area contributed by atoms with Gasteiger partial charge in [-0.2, -0.15) is 0 Å². The quantitative estimate of drug-likeness (QED) is 0.657. The highest BCUT2D eigenvalue weighted by Crippen LogP contribution is 2.28. The number of rotatable bonds is 2. The number of carbonyl (C=O) groups is 1. The Labute approximate surface area is 78.9 Å². The lowest BCUT2D eigenvalue weighted by Gasteiger charge is -1.98. The van der Waals surface area contributed by atoms with Gasteiger partial charge in [-0.1, -0.05) is 0 Å². The largest absolute Gasteiger partial charge is 0.465 e. The van der Waals surface area contributed by atoms with Gasteiger partial charge in [0.1, 0.15) is 5.25 Å². The number of ether oxygens (including phenoxy) is 1. The normalized spacial score (nSPS) is 21.9. The van der Waals surface area contributed by atoms with E-state index in [1.54, 1.807) is 6.92 Å². The van der Waals surface area contributed by atoms with Crippen molar-refractivity contribution in [2.75, 3.05) is 6.61 Å². The standard InChI is InChI=1S/C7H8N2O3S/c1-4-8-9-7(12-4)13-5-2-3-11-6(5)10/h5H,2-3H2,1H3. The zero-order valence-electron chi connectivity index (χ0n) is 7.02. The maximum Gasteiger partial charge on any atom is 0.319 e. The Morgan fingerprint density at radius 3 is 2.92 bits per heavy atom. The van der Waals surface area contributed by atoms with Crippen LogP contribution in [0.2, 0.25) is 0 Å². The minimum Gasteiger partial charge on any atom is -0.465 e. The number of esters is 1. The van der Waals surface area contributed by atoms with Crippen LogP contribution in [0.4, 0.5) is 0 Å². The van der Waals surface area contributed by atoms with Crippen molar-refractivity contribution in [3.63, 3.8) is 0 Å². The molecule has 0 radical (unpaired) electrons. The lowest BCUT2D eigenvalue weighted by atomic mass is 10.4. The maximum absolute atomic E-state index is 11.1. The molecule has 1 aromatic heterocycles. The van der Waals surface area contributed by atoms with Gasteiger partial charge in [-0.3, -0.25) is 4.79 Å². The van der Waals surface area contributed by atoms with Crippen molar-refractivity contribution < 1.29 is 13.9 Å². The zero-order chi connectivity index (χ0) is 9.26. The Morgan fingerprint density at radius 1 is 1.54 bits per heavy atom. The minimum absolute atomic E-state index is 0.181. The summed E-state index contributed by atoms with van der Waals surface area (Å²) in [6.45, 7) is 2.20. The first-order chi connectivity index (χ1) is 6.25. The molecule has 0 saturated carbocycles. The third-order valence-corrected chi connectivity index (χ3v) is 2.72. The summed E-state index contributed by atoms with van der Waals surface area (Å²) < 4.78 is 9.92. The van der Waals surface area contributed by atoms with E-state index in [-0.39, 0.29) is 11.2 Å². The van der Waals surface area contributed by atoms with Crippen LogP contribution in [-0.4, -0.2) is 28.0 Å². The fraction of sp³-hybridized carbons (Fsp3) is 0.571. The Morgan fingerprint density at radius 2 is 2.38 bits per heavy atom. The molecule has 1 aromatic rings. The van der Waals surface area contributed by atoms with Gasteiger partial charge in [0.15, 0.2) is 0 Å². The molecule has 1 fully saturated rings. The molecule has 0 amide bonds. The molecule has 5 nitrogen and oxygen atoms in total. The predicted octanol–water partition coefficient (Wildman–Crippen LogP) is 0.786. The summed E-state index contributed by atoms with van der Waals surface area (Å²) in [5, 5.41) is 7.70. The van der Waals surface area contributed by atoms with Crippen LogP contribution in [0, 0.1) is 6.92 Å². The molecule has 2 heterocycles. The summed E-state index contributed by atoms with van der Waals surface area (Å²) in [7, 11) is 0. The Hall–Kier alpha value is -1.04. The number of carbonyl (C=O) groups excluding carboxylic acids is 1. The van der Waals surface area contributed by atoms with Gasteiger partial charge in [0.25, 0.3) is 5.22 Å².